The van der Waals surface area contributed by atoms with Gasteiger partial charge in [0, 0.05) is 25.8 Å². The van der Waals surface area contributed by atoms with Crippen LogP contribution in [-0.2, 0) is 26.6 Å². The minimum absolute atomic E-state index is 0.112. The van der Waals surface area contributed by atoms with Crippen molar-refractivity contribution in [1.29, 1.82) is 0 Å². The Balaban J connectivity index is 1.82. The lowest BCUT2D eigenvalue weighted by Gasteiger charge is -2.29. The molecule has 1 unspecified atom stereocenters. The van der Waals surface area contributed by atoms with Crippen LogP contribution in [0.3, 0.4) is 0 Å². The van der Waals surface area contributed by atoms with E-state index in [0.29, 0.717) is 34.8 Å². The van der Waals surface area contributed by atoms with E-state index < -0.39 is 21.9 Å². The van der Waals surface area contributed by atoms with Gasteiger partial charge in [0.1, 0.15) is 9.09 Å². The van der Waals surface area contributed by atoms with Gasteiger partial charge < -0.3 is 9.30 Å². The van der Waals surface area contributed by atoms with Crippen molar-refractivity contribution in [3.63, 3.8) is 0 Å². The van der Waals surface area contributed by atoms with Gasteiger partial charge in [0.05, 0.1) is 12.5 Å². The quantitative estimate of drug-likeness (QED) is 0.641. The van der Waals surface area contributed by atoms with E-state index in [1.165, 1.54) is 15.6 Å². The number of esters is 1. The van der Waals surface area contributed by atoms with Crippen molar-refractivity contribution in [2.24, 2.45) is 18.0 Å². The highest BCUT2D eigenvalue weighted by Crippen LogP contribution is 2.27. The average molecular weight is 458 g/mol. The number of ether oxygens (including phenoxy) is 1. The Bertz CT molecular complexity index is 1070. The molecule has 1 amide bonds. The van der Waals surface area contributed by atoms with Gasteiger partial charge in [-0.05, 0) is 38.1 Å². The molecule has 2 aromatic rings. The summed E-state index contributed by atoms with van der Waals surface area (Å²) in [6, 6.07) is 3.26. The number of hydrogen-bond acceptors (Lipinski definition) is 7. The highest BCUT2D eigenvalue weighted by molar-refractivity contribution is 7.91. The van der Waals surface area contributed by atoms with Crippen LogP contribution in [0.1, 0.15) is 35.1 Å². The highest BCUT2D eigenvalue weighted by Gasteiger charge is 2.33. The number of amides is 1. The van der Waals surface area contributed by atoms with Crippen LogP contribution < -0.4 is 4.80 Å². The van der Waals surface area contributed by atoms with Crippen LogP contribution in [0.15, 0.2) is 26.7 Å². The zero-order chi connectivity index (χ0) is 21.2. The molecule has 3 heterocycles. The van der Waals surface area contributed by atoms with Gasteiger partial charge >= 0.3 is 5.97 Å². The van der Waals surface area contributed by atoms with Crippen molar-refractivity contribution in [3.8, 4) is 0 Å². The van der Waals surface area contributed by atoms with Crippen LogP contribution in [0.25, 0.3) is 0 Å². The molecule has 1 aliphatic heterocycles. The predicted octanol–water partition coefficient (Wildman–Crippen LogP) is 2.16. The third-order valence-corrected chi connectivity index (χ3v) is 9.25. The largest absolute Gasteiger partial charge is 0.462 e. The number of piperidine rings is 1. The summed E-state index contributed by atoms with van der Waals surface area (Å²) in [6.07, 6.45) is 1.18. The normalized spacial score (nSPS) is 18.7. The van der Waals surface area contributed by atoms with E-state index in [1.807, 2.05) is 0 Å². The van der Waals surface area contributed by atoms with Gasteiger partial charge in [-0.2, -0.15) is 9.30 Å². The fraction of sp³-hybridized carbons (Fsp3) is 0.500. The number of nitrogens with zero attached hydrogens (tertiary/aromatic N) is 3. The van der Waals surface area contributed by atoms with Gasteiger partial charge in [-0.3, -0.25) is 4.79 Å². The summed E-state index contributed by atoms with van der Waals surface area (Å²) in [7, 11) is -1.86. The van der Waals surface area contributed by atoms with Gasteiger partial charge in [0.15, 0.2) is 4.80 Å². The van der Waals surface area contributed by atoms with Crippen LogP contribution in [-0.4, -0.2) is 48.9 Å². The lowest BCUT2D eigenvalue weighted by Crippen LogP contribution is -2.42. The van der Waals surface area contributed by atoms with Crippen molar-refractivity contribution in [2.75, 3.05) is 19.7 Å². The molecule has 0 N–H and O–H groups in total. The van der Waals surface area contributed by atoms with E-state index in [-0.39, 0.29) is 23.3 Å². The van der Waals surface area contributed by atoms with E-state index in [0.717, 1.165) is 11.3 Å². The topological polar surface area (TPSA) is 98.0 Å². The number of aromatic nitrogens is 1. The number of hydrogen-bond donors (Lipinski definition) is 0. The molecule has 0 bridgehead atoms. The zero-order valence-electron chi connectivity index (χ0n) is 16.5. The molecule has 1 fully saturated rings. The third kappa shape index (κ3) is 4.52. The Morgan fingerprint density at radius 3 is 2.79 bits per heavy atom. The molecule has 3 rings (SSSR count). The zero-order valence-corrected chi connectivity index (χ0v) is 18.9. The molecular weight excluding hydrogens is 434 g/mol. The first-order valence-corrected chi connectivity index (χ1v) is 12.3. The van der Waals surface area contributed by atoms with Crippen LogP contribution >= 0.6 is 22.7 Å². The van der Waals surface area contributed by atoms with Gasteiger partial charge in [-0.1, -0.05) is 17.4 Å². The molecule has 0 saturated carbocycles. The maximum Gasteiger partial charge on any atom is 0.350 e. The van der Waals surface area contributed by atoms with Crippen LogP contribution in [0.4, 0.5) is 0 Å². The minimum atomic E-state index is -3.59. The predicted molar refractivity (Wildman–Crippen MR) is 110 cm³/mol. The number of thiophene rings is 1. The van der Waals surface area contributed by atoms with Gasteiger partial charge in [0.2, 0.25) is 0 Å². The molecule has 0 radical (unpaired) electrons. The van der Waals surface area contributed by atoms with E-state index in [9.17, 15) is 18.0 Å². The van der Waals surface area contributed by atoms with Crippen LogP contribution in [0.2, 0.25) is 0 Å². The monoisotopic (exact) mass is 457 g/mol. The van der Waals surface area contributed by atoms with Crippen molar-refractivity contribution >= 4 is 44.6 Å². The highest BCUT2D eigenvalue weighted by atomic mass is 32.2. The summed E-state index contributed by atoms with van der Waals surface area (Å²) in [4.78, 5) is 29.9. The van der Waals surface area contributed by atoms with Crippen molar-refractivity contribution in [2.45, 2.75) is 30.9 Å². The molecule has 8 nitrogen and oxygen atoms in total. The summed E-state index contributed by atoms with van der Waals surface area (Å²) in [5.41, 5.74) is 0.672. The Morgan fingerprint density at radius 1 is 1.38 bits per heavy atom. The summed E-state index contributed by atoms with van der Waals surface area (Å²) >= 11 is 2.27. The van der Waals surface area contributed by atoms with E-state index in [2.05, 4.69) is 4.99 Å². The number of thiazole rings is 1. The first-order chi connectivity index (χ1) is 13.8. The van der Waals surface area contributed by atoms with Crippen LogP contribution in [0.5, 0.6) is 0 Å². The molecule has 11 heteroatoms. The summed E-state index contributed by atoms with van der Waals surface area (Å²) in [5.74, 6) is -1.32. The van der Waals surface area contributed by atoms with Crippen molar-refractivity contribution in [1.82, 2.24) is 8.87 Å². The molecule has 2 aromatic heterocycles. The number of sulfonamides is 1. The lowest BCUT2D eigenvalue weighted by atomic mass is 9.99. The fourth-order valence-corrected chi connectivity index (χ4v) is 6.79. The standard InChI is InChI=1S/C18H23N3O5S3/c1-4-26-17(23)15-12(2)20(3)18(28-15)19-16(22)13-7-5-9-21(11-13)29(24,25)14-8-6-10-27-14/h6,8,10,13H,4-5,7,9,11H2,1-3H3. The number of carbonyl (C=O) groups is 2. The molecule has 0 spiro atoms. The minimum Gasteiger partial charge on any atom is -0.462 e. The Morgan fingerprint density at radius 2 is 2.14 bits per heavy atom. The molecule has 0 aromatic carbocycles. The second-order valence-corrected chi connectivity index (χ2v) is 10.8. The molecule has 1 atom stereocenters. The smallest absolute Gasteiger partial charge is 0.350 e. The number of carbonyl (C=O) groups excluding carboxylic acids is 2. The fourth-order valence-electron chi connectivity index (χ4n) is 3.10. The SMILES string of the molecule is CCOC(=O)c1sc(=NC(=O)C2CCCN(S(=O)(=O)c3cccs3)C2)n(C)c1C. The van der Waals surface area contributed by atoms with Gasteiger partial charge in [-0.15, -0.1) is 11.3 Å². The first-order valence-electron chi connectivity index (χ1n) is 9.21. The van der Waals surface area contributed by atoms with E-state index >= 15 is 0 Å². The lowest BCUT2D eigenvalue weighted by molar-refractivity contribution is -0.122. The van der Waals surface area contributed by atoms with Gasteiger partial charge in [-0.25, -0.2) is 13.2 Å². The third-order valence-electron chi connectivity index (χ3n) is 4.80. The second-order valence-electron chi connectivity index (χ2n) is 6.66. The molecule has 158 valence electrons. The van der Waals surface area contributed by atoms with E-state index in [1.54, 1.807) is 43.0 Å². The van der Waals surface area contributed by atoms with Crippen molar-refractivity contribution < 1.29 is 22.7 Å². The molecule has 29 heavy (non-hydrogen) atoms. The maximum absolute atomic E-state index is 12.8. The Labute approximate surface area is 177 Å². The van der Waals surface area contributed by atoms with E-state index in [4.69, 9.17) is 4.74 Å². The second kappa shape index (κ2) is 8.90. The molecule has 1 aliphatic rings. The van der Waals surface area contributed by atoms with Crippen LogP contribution in [0, 0.1) is 12.8 Å². The van der Waals surface area contributed by atoms with Gasteiger partial charge in [0.25, 0.3) is 15.9 Å². The molecular formula is C18H23N3O5S3. The summed E-state index contributed by atoms with van der Waals surface area (Å²) in [5, 5.41) is 1.72. The summed E-state index contributed by atoms with van der Waals surface area (Å²) in [6.45, 7) is 4.27. The first kappa shape index (κ1) is 21.9. The molecule has 0 aliphatic carbocycles. The maximum atomic E-state index is 12.8. The Hall–Kier alpha value is -1.82. The Kier molecular flexibility index (Phi) is 6.72. The summed E-state index contributed by atoms with van der Waals surface area (Å²) < 4.78 is 33.9. The van der Waals surface area contributed by atoms with Crippen molar-refractivity contribution in [3.05, 3.63) is 32.9 Å². The molecule has 1 saturated heterocycles. The number of rotatable bonds is 5. The average Bonchev–Trinajstić information content (AvgIpc) is 3.33.